The van der Waals surface area contributed by atoms with Crippen molar-refractivity contribution in [1.29, 1.82) is 0 Å². The number of aromatic amines is 1. The van der Waals surface area contributed by atoms with E-state index in [2.05, 4.69) is 10.1 Å². The summed E-state index contributed by atoms with van der Waals surface area (Å²) in [6, 6.07) is 5.51. The van der Waals surface area contributed by atoms with Crippen molar-refractivity contribution < 1.29 is 5.11 Å². The molecule has 3 rings (SSSR count). The fourth-order valence-corrected chi connectivity index (χ4v) is 2.11. The van der Waals surface area contributed by atoms with Crippen molar-refractivity contribution in [3.63, 3.8) is 0 Å². The van der Waals surface area contributed by atoms with Crippen LogP contribution in [-0.2, 0) is 13.7 Å². The van der Waals surface area contributed by atoms with E-state index < -0.39 is 0 Å². The summed E-state index contributed by atoms with van der Waals surface area (Å²) in [5, 5.41) is 14.7. The Morgan fingerprint density at radius 3 is 3.00 bits per heavy atom. The van der Waals surface area contributed by atoms with Crippen LogP contribution >= 0.6 is 0 Å². The lowest BCUT2D eigenvalue weighted by Crippen LogP contribution is -2.06. The van der Waals surface area contributed by atoms with Crippen molar-refractivity contribution in [2.75, 3.05) is 0 Å². The highest BCUT2D eigenvalue weighted by Crippen LogP contribution is 2.21. The van der Waals surface area contributed by atoms with Gasteiger partial charge >= 0.3 is 0 Å². The zero-order valence-corrected chi connectivity index (χ0v) is 9.27. The highest BCUT2D eigenvalue weighted by atomic mass is 16.3. The molecule has 0 amide bonds. The molecule has 0 unspecified atom stereocenters. The molecule has 17 heavy (non-hydrogen) atoms. The van der Waals surface area contributed by atoms with E-state index in [0.29, 0.717) is 5.39 Å². The van der Waals surface area contributed by atoms with Crippen LogP contribution in [0.1, 0.15) is 5.56 Å². The van der Waals surface area contributed by atoms with Gasteiger partial charge in [-0.3, -0.25) is 9.48 Å². The Morgan fingerprint density at radius 2 is 2.24 bits per heavy atom. The van der Waals surface area contributed by atoms with Gasteiger partial charge in [0, 0.05) is 12.4 Å². The SMILES string of the molecule is Cn1ncc2c(=O)[nH]c3cc(CO)ccc3c21. The van der Waals surface area contributed by atoms with Gasteiger partial charge in [0.1, 0.15) is 0 Å². The smallest absolute Gasteiger partial charge is 0.259 e. The maximum atomic E-state index is 11.8. The highest BCUT2D eigenvalue weighted by molar-refractivity contribution is 6.03. The highest BCUT2D eigenvalue weighted by Gasteiger charge is 2.09. The Bertz CT molecular complexity index is 770. The number of hydrogen-bond acceptors (Lipinski definition) is 3. The van der Waals surface area contributed by atoms with Crippen molar-refractivity contribution in [3.05, 3.63) is 40.3 Å². The summed E-state index contributed by atoms with van der Waals surface area (Å²) in [6.07, 6.45) is 1.56. The first-order chi connectivity index (χ1) is 8.20. The zero-order chi connectivity index (χ0) is 12.0. The molecule has 0 aliphatic rings. The second-order valence-corrected chi connectivity index (χ2v) is 4.02. The average Bonchev–Trinajstić information content (AvgIpc) is 2.72. The van der Waals surface area contributed by atoms with Crippen molar-refractivity contribution in [3.8, 4) is 0 Å². The van der Waals surface area contributed by atoms with Gasteiger partial charge in [-0.25, -0.2) is 0 Å². The maximum absolute atomic E-state index is 11.8. The van der Waals surface area contributed by atoms with Crippen LogP contribution in [0.5, 0.6) is 0 Å². The minimum Gasteiger partial charge on any atom is -0.392 e. The van der Waals surface area contributed by atoms with Gasteiger partial charge in [-0.1, -0.05) is 12.1 Å². The number of aromatic nitrogens is 3. The van der Waals surface area contributed by atoms with Crippen LogP contribution in [0.4, 0.5) is 0 Å². The third-order valence-electron chi connectivity index (χ3n) is 2.95. The summed E-state index contributed by atoms with van der Waals surface area (Å²) in [5.41, 5.74) is 2.15. The summed E-state index contributed by atoms with van der Waals surface area (Å²) in [5.74, 6) is 0. The van der Waals surface area contributed by atoms with E-state index in [0.717, 1.165) is 22.0 Å². The number of nitrogens with zero attached hydrogens (tertiary/aromatic N) is 2. The molecule has 5 heteroatoms. The molecule has 0 radical (unpaired) electrons. The van der Waals surface area contributed by atoms with Gasteiger partial charge in [0.2, 0.25) is 0 Å². The predicted octanol–water partition coefficient (Wildman–Crippen LogP) is 0.907. The topological polar surface area (TPSA) is 70.9 Å². The molecule has 0 saturated carbocycles. The number of hydrogen-bond donors (Lipinski definition) is 2. The second-order valence-electron chi connectivity index (χ2n) is 4.02. The van der Waals surface area contributed by atoms with Crippen LogP contribution in [-0.4, -0.2) is 19.9 Å². The van der Waals surface area contributed by atoms with E-state index in [9.17, 15) is 4.79 Å². The summed E-state index contributed by atoms with van der Waals surface area (Å²) >= 11 is 0. The minimum atomic E-state index is -0.157. The number of nitrogens with one attached hydrogen (secondary N) is 1. The molecular weight excluding hydrogens is 218 g/mol. The Balaban J connectivity index is 2.56. The van der Waals surface area contributed by atoms with Gasteiger partial charge in [0.15, 0.2) is 0 Å². The summed E-state index contributed by atoms with van der Waals surface area (Å²) in [7, 11) is 1.81. The number of fused-ring (bicyclic) bond motifs is 3. The Hall–Kier alpha value is -2.14. The average molecular weight is 229 g/mol. The number of rotatable bonds is 1. The number of benzene rings is 1. The minimum absolute atomic E-state index is 0.0403. The third kappa shape index (κ3) is 1.36. The molecule has 0 bridgehead atoms. The van der Waals surface area contributed by atoms with Gasteiger partial charge in [0.05, 0.1) is 29.2 Å². The number of aliphatic hydroxyl groups is 1. The van der Waals surface area contributed by atoms with Crippen LogP contribution in [0, 0.1) is 0 Å². The van der Waals surface area contributed by atoms with Crippen LogP contribution in [0.3, 0.4) is 0 Å². The number of H-pyrrole nitrogens is 1. The predicted molar refractivity (Wildman–Crippen MR) is 64.8 cm³/mol. The van der Waals surface area contributed by atoms with Crippen molar-refractivity contribution in [2.45, 2.75) is 6.61 Å². The first-order valence-electron chi connectivity index (χ1n) is 5.28. The van der Waals surface area contributed by atoms with Crippen LogP contribution in [0.15, 0.2) is 29.2 Å². The largest absolute Gasteiger partial charge is 0.392 e. The van der Waals surface area contributed by atoms with Gasteiger partial charge < -0.3 is 10.1 Å². The molecule has 0 spiro atoms. The van der Waals surface area contributed by atoms with E-state index in [1.54, 1.807) is 24.0 Å². The lowest BCUT2D eigenvalue weighted by atomic mass is 10.1. The van der Waals surface area contributed by atoms with Crippen LogP contribution < -0.4 is 5.56 Å². The third-order valence-corrected chi connectivity index (χ3v) is 2.95. The van der Waals surface area contributed by atoms with Crippen LogP contribution in [0.25, 0.3) is 21.8 Å². The van der Waals surface area contributed by atoms with Crippen molar-refractivity contribution >= 4 is 21.8 Å². The molecule has 0 aliphatic heterocycles. The zero-order valence-electron chi connectivity index (χ0n) is 9.27. The van der Waals surface area contributed by atoms with Gasteiger partial charge in [-0.05, 0) is 11.6 Å². The fourth-order valence-electron chi connectivity index (χ4n) is 2.11. The van der Waals surface area contributed by atoms with Crippen molar-refractivity contribution in [1.82, 2.24) is 14.8 Å². The molecule has 86 valence electrons. The van der Waals surface area contributed by atoms with E-state index in [-0.39, 0.29) is 12.2 Å². The number of aryl methyl sites for hydroxylation is 1. The molecule has 1 aromatic carbocycles. The van der Waals surface area contributed by atoms with E-state index in [1.165, 1.54) is 0 Å². The lowest BCUT2D eigenvalue weighted by molar-refractivity contribution is 0.282. The molecule has 2 heterocycles. The van der Waals surface area contributed by atoms with Gasteiger partial charge in [0.25, 0.3) is 5.56 Å². The maximum Gasteiger partial charge on any atom is 0.259 e. The molecular formula is C12H11N3O2. The first-order valence-corrected chi connectivity index (χ1v) is 5.28. The molecule has 0 fully saturated rings. The first kappa shape index (κ1) is 10.0. The van der Waals surface area contributed by atoms with E-state index in [4.69, 9.17) is 5.11 Å². The molecule has 0 aliphatic carbocycles. The Kier molecular flexibility index (Phi) is 2.02. The summed E-state index contributed by atoms with van der Waals surface area (Å²) < 4.78 is 1.69. The standard InChI is InChI=1S/C12H11N3O2/c1-15-11-8-3-2-7(6-16)4-10(8)14-12(17)9(11)5-13-15/h2-5,16H,6H2,1H3,(H,14,17). The van der Waals surface area contributed by atoms with E-state index >= 15 is 0 Å². The molecule has 0 atom stereocenters. The number of aliphatic hydroxyl groups excluding tert-OH is 1. The van der Waals surface area contributed by atoms with Gasteiger partial charge in [-0.2, -0.15) is 5.10 Å². The second kappa shape index (κ2) is 3.43. The summed E-state index contributed by atoms with van der Waals surface area (Å²) in [4.78, 5) is 14.6. The van der Waals surface area contributed by atoms with Gasteiger partial charge in [-0.15, -0.1) is 0 Å². The Morgan fingerprint density at radius 1 is 1.41 bits per heavy atom. The fraction of sp³-hybridized carbons (Fsp3) is 0.167. The Labute approximate surface area is 96.3 Å². The quantitative estimate of drug-likeness (QED) is 0.651. The molecule has 3 aromatic rings. The number of pyridine rings is 1. The molecule has 5 nitrogen and oxygen atoms in total. The van der Waals surface area contributed by atoms with Crippen LogP contribution in [0.2, 0.25) is 0 Å². The summed E-state index contributed by atoms with van der Waals surface area (Å²) in [6.45, 7) is -0.0403. The molecule has 2 N–H and O–H groups in total. The van der Waals surface area contributed by atoms with Crippen molar-refractivity contribution in [2.24, 2.45) is 7.05 Å². The lowest BCUT2D eigenvalue weighted by Gasteiger charge is -2.03. The molecule has 2 aromatic heterocycles. The monoisotopic (exact) mass is 229 g/mol. The van der Waals surface area contributed by atoms with E-state index in [1.807, 2.05) is 12.1 Å². The normalized spacial score (nSPS) is 11.4. The molecule has 0 saturated heterocycles.